The van der Waals surface area contributed by atoms with E-state index in [-0.39, 0.29) is 5.91 Å². The van der Waals surface area contributed by atoms with Crippen molar-refractivity contribution in [3.05, 3.63) is 58.8 Å². The predicted octanol–water partition coefficient (Wildman–Crippen LogP) is 2.30. The van der Waals surface area contributed by atoms with Gasteiger partial charge in [0.2, 0.25) is 5.91 Å². The second-order valence-electron chi connectivity index (χ2n) is 5.95. The molecule has 2 aromatic rings. The maximum absolute atomic E-state index is 12.5. The molecule has 1 aliphatic heterocycles. The number of benzene rings is 1. The van der Waals surface area contributed by atoms with E-state index in [1.807, 2.05) is 0 Å². The quantitative estimate of drug-likeness (QED) is 0.648. The molecule has 1 unspecified atom stereocenters. The molecule has 1 atom stereocenters. The Balaban J connectivity index is 1.58. The van der Waals surface area contributed by atoms with Crippen LogP contribution in [0.3, 0.4) is 0 Å². The Morgan fingerprint density at radius 3 is 2.67 bits per heavy atom. The molecular formula is C18H18BrN5O3. The first-order valence-electron chi connectivity index (χ1n) is 8.38. The molecule has 1 aromatic heterocycles. The number of halogens is 1. The zero-order valence-corrected chi connectivity index (χ0v) is 15.9. The highest BCUT2D eigenvalue weighted by atomic mass is 79.9. The number of nitrogens with zero attached hydrogens (tertiary/aromatic N) is 2. The van der Waals surface area contributed by atoms with Crippen molar-refractivity contribution >= 4 is 39.5 Å². The summed E-state index contributed by atoms with van der Waals surface area (Å²) < 4.78 is 0.617. The van der Waals surface area contributed by atoms with Crippen molar-refractivity contribution in [1.29, 1.82) is 0 Å². The van der Waals surface area contributed by atoms with Crippen LogP contribution in [0.2, 0.25) is 0 Å². The topological polar surface area (TPSA) is 103 Å². The molecule has 1 aliphatic rings. The summed E-state index contributed by atoms with van der Waals surface area (Å²) in [5.41, 5.74) is 5.71. The molecule has 3 rings (SSSR count). The molecule has 8 nitrogen and oxygen atoms in total. The number of carbonyl (C=O) groups is 3. The second kappa shape index (κ2) is 8.63. The Labute approximate surface area is 164 Å². The summed E-state index contributed by atoms with van der Waals surface area (Å²) in [7, 11) is 0. The monoisotopic (exact) mass is 431 g/mol. The van der Waals surface area contributed by atoms with E-state index in [9.17, 15) is 14.4 Å². The van der Waals surface area contributed by atoms with E-state index in [1.165, 1.54) is 11.1 Å². The van der Waals surface area contributed by atoms with Crippen LogP contribution >= 0.6 is 15.9 Å². The van der Waals surface area contributed by atoms with E-state index in [0.29, 0.717) is 35.1 Å². The van der Waals surface area contributed by atoms with Crippen LogP contribution in [0.25, 0.3) is 0 Å². The molecule has 9 heteroatoms. The minimum absolute atomic E-state index is 0.284. The number of urea groups is 1. The van der Waals surface area contributed by atoms with Gasteiger partial charge in [-0.05, 0) is 53.0 Å². The Bertz CT molecular complexity index is 846. The standard InChI is InChI=1S/C18H18BrN5O3/c19-14-7-2-1-6-13(14)16(25)22-23-18(27)24-10-4-8-15(24)17(26)21-12-5-3-9-20-11-12/h1-3,5-7,9,11,15H,4,8,10H2,(H,21,26)(H,22,25)(H,23,27). The molecular weight excluding hydrogens is 414 g/mol. The van der Waals surface area contributed by atoms with Crippen LogP contribution in [0.5, 0.6) is 0 Å². The lowest BCUT2D eigenvalue weighted by Gasteiger charge is -2.24. The fourth-order valence-corrected chi connectivity index (χ4v) is 3.30. The number of anilines is 1. The Kier molecular flexibility index (Phi) is 6.02. The molecule has 3 N–H and O–H groups in total. The van der Waals surface area contributed by atoms with E-state index in [4.69, 9.17) is 0 Å². The zero-order valence-electron chi connectivity index (χ0n) is 14.3. The summed E-state index contributed by atoms with van der Waals surface area (Å²) in [5, 5.41) is 2.75. The molecule has 0 saturated carbocycles. The van der Waals surface area contributed by atoms with E-state index in [0.717, 1.165) is 0 Å². The van der Waals surface area contributed by atoms with E-state index in [2.05, 4.69) is 37.1 Å². The van der Waals surface area contributed by atoms with Gasteiger partial charge < -0.3 is 10.2 Å². The second-order valence-corrected chi connectivity index (χ2v) is 6.80. The summed E-state index contributed by atoms with van der Waals surface area (Å²) in [4.78, 5) is 42.4. The number of rotatable bonds is 3. The van der Waals surface area contributed by atoms with Crippen molar-refractivity contribution < 1.29 is 14.4 Å². The van der Waals surface area contributed by atoms with Gasteiger partial charge in [0.1, 0.15) is 6.04 Å². The molecule has 4 amide bonds. The number of amides is 4. The van der Waals surface area contributed by atoms with Gasteiger partial charge >= 0.3 is 6.03 Å². The van der Waals surface area contributed by atoms with Crippen molar-refractivity contribution in [2.45, 2.75) is 18.9 Å². The lowest BCUT2D eigenvalue weighted by atomic mass is 10.2. The van der Waals surface area contributed by atoms with Crippen LogP contribution in [0.4, 0.5) is 10.5 Å². The molecule has 0 radical (unpaired) electrons. The smallest absolute Gasteiger partial charge is 0.323 e. The number of hydrogen-bond acceptors (Lipinski definition) is 4. The van der Waals surface area contributed by atoms with Gasteiger partial charge in [0, 0.05) is 17.2 Å². The molecule has 1 fully saturated rings. The Morgan fingerprint density at radius 2 is 1.93 bits per heavy atom. The molecule has 0 aliphatic carbocycles. The molecule has 1 aromatic carbocycles. The number of aromatic nitrogens is 1. The maximum atomic E-state index is 12.5. The summed E-state index contributed by atoms with van der Waals surface area (Å²) in [6.07, 6.45) is 4.41. The third kappa shape index (κ3) is 4.62. The maximum Gasteiger partial charge on any atom is 0.336 e. The number of pyridine rings is 1. The summed E-state index contributed by atoms with van der Waals surface area (Å²) in [6, 6.07) is 9.18. The van der Waals surface area contributed by atoms with Crippen LogP contribution < -0.4 is 16.2 Å². The lowest BCUT2D eigenvalue weighted by Crippen LogP contribution is -2.52. The summed E-state index contributed by atoms with van der Waals surface area (Å²) >= 11 is 3.29. The first-order valence-corrected chi connectivity index (χ1v) is 9.18. The highest BCUT2D eigenvalue weighted by molar-refractivity contribution is 9.10. The number of carbonyl (C=O) groups excluding carboxylic acids is 3. The van der Waals surface area contributed by atoms with Gasteiger partial charge in [-0.15, -0.1) is 0 Å². The van der Waals surface area contributed by atoms with E-state index < -0.39 is 18.0 Å². The third-order valence-corrected chi connectivity index (χ3v) is 4.84. The summed E-state index contributed by atoms with van der Waals surface area (Å²) in [6.45, 7) is 0.432. The molecule has 140 valence electrons. The van der Waals surface area contributed by atoms with Gasteiger partial charge in [-0.3, -0.25) is 20.0 Å². The van der Waals surface area contributed by atoms with Gasteiger partial charge in [0.15, 0.2) is 0 Å². The highest BCUT2D eigenvalue weighted by Gasteiger charge is 2.34. The van der Waals surface area contributed by atoms with Crippen LogP contribution in [-0.2, 0) is 4.79 Å². The fourth-order valence-electron chi connectivity index (χ4n) is 2.84. The molecule has 2 heterocycles. The first kappa shape index (κ1) is 18.8. The molecule has 0 spiro atoms. The van der Waals surface area contributed by atoms with Gasteiger partial charge in [0.25, 0.3) is 5.91 Å². The van der Waals surface area contributed by atoms with Gasteiger partial charge in [-0.2, -0.15) is 0 Å². The fraction of sp³-hybridized carbons (Fsp3) is 0.222. The van der Waals surface area contributed by atoms with Crippen molar-refractivity contribution in [3.63, 3.8) is 0 Å². The third-order valence-electron chi connectivity index (χ3n) is 4.15. The van der Waals surface area contributed by atoms with Crippen molar-refractivity contribution in [2.24, 2.45) is 0 Å². The van der Waals surface area contributed by atoms with Crippen molar-refractivity contribution in [2.75, 3.05) is 11.9 Å². The lowest BCUT2D eigenvalue weighted by molar-refractivity contribution is -0.119. The average molecular weight is 432 g/mol. The minimum Gasteiger partial charge on any atom is -0.323 e. The van der Waals surface area contributed by atoms with Crippen molar-refractivity contribution in [3.8, 4) is 0 Å². The molecule has 27 heavy (non-hydrogen) atoms. The van der Waals surface area contributed by atoms with Crippen LogP contribution in [-0.4, -0.2) is 40.3 Å². The van der Waals surface area contributed by atoms with Gasteiger partial charge in [-0.25, -0.2) is 10.2 Å². The van der Waals surface area contributed by atoms with Gasteiger partial charge in [0.05, 0.1) is 17.4 Å². The summed E-state index contributed by atoms with van der Waals surface area (Å²) in [5.74, 6) is -0.737. The zero-order chi connectivity index (χ0) is 19.2. The highest BCUT2D eigenvalue weighted by Crippen LogP contribution is 2.19. The van der Waals surface area contributed by atoms with Crippen LogP contribution in [0.15, 0.2) is 53.3 Å². The van der Waals surface area contributed by atoms with E-state index >= 15 is 0 Å². The van der Waals surface area contributed by atoms with Crippen LogP contribution in [0, 0.1) is 0 Å². The number of hydrazine groups is 1. The van der Waals surface area contributed by atoms with Gasteiger partial charge in [-0.1, -0.05) is 12.1 Å². The SMILES string of the molecule is O=C(NNC(=O)N1CCCC1C(=O)Nc1cccnc1)c1ccccc1Br. The molecule has 0 bridgehead atoms. The number of nitrogens with one attached hydrogen (secondary N) is 3. The first-order chi connectivity index (χ1) is 13.1. The normalized spacial score (nSPS) is 15.9. The average Bonchev–Trinajstić information content (AvgIpc) is 3.17. The molecule has 1 saturated heterocycles. The number of hydrogen-bond donors (Lipinski definition) is 3. The largest absolute Gasteiger partial charge is 0.336 e. The van der Waals surface area contributed by atoms with Crippen molar-refractivity contribution in [1.82, 2.24) is 20.7 Å². The van der Waals surface area contributed by atoms with E-state index in [1.54, 1.807) is 42.6 Å². The predicted molar refractivity (Wildman–Crippen MR) is 103 cm³/mol. The Morgan fingerprint density at radius 1 is 1.11 bits per heavy atom. The minimum atomic E-state index is -0.606. The van der Waals surface area contributed by atoms with Crippen LogP contribution in [0.1, 0.15) is 23.2 Å². The number of likely N-dealkylation sites (tertiary alicyclic amines) is 1. The Hall–Kier alpha value is -2.94.